The van der Waals surface area contributed by atoms with E-state index < -0.39 is 5.41 Å². The standard InChI is InChI=1S/C17H33NO2/c1-15(2,3)12-18-14(19)17(7,8)10-9-11-20-13-16(4,5)6/h9-10H,11-13H2,1-8H3,(H,18,19). The van der Waals surface area contributed by atoms with Crippen LogP contribution < -0.4 is 5.32 Å². The minimum absolute atomic E-state index is 0.0551. The summed E-state index contributed by atoms with van der Waals surface area (Å²) in [5, 5.41) is 3.00. The fourth-order valence-corrected chi connectivity index (χ4v) is 1.42. The summed E-state index contributed by atoms with van der Waals surface area (Å²) in [7, 11) is 0. The van der Waals surface area contributed by atoms with Gasteiger partial charge in [-0.1, -0.05) is 53.7 Å². The van der Waals surface area contributed by atoms with Gasteiger partial charge in [-0.3, -0.25) is 4.79 Å². The van der Waals surface area contributed by atoms with Crippen LogP contribution in [0.25, 0.3) is 0 Å². The Labute approximate surface area is 125 Å². The maximum atomic E-state index is 12.1. The van der Waals surface area contributed by atoms with Gasteiger partial charge in [0.25, 0.3) is 0 Å². The molecule has 0 aliphatic heterocycles. The Hall–Kier alpha value is -0.830. The monoisotopic (exact) mass is 283 g/mol. The lowest BCUT2D eigenvalue weighted by molar-refractivity contribution is -0.127. The molecule has 0 aromatic heterocycles. The Morgan fingerprint density at radius 1 is 1.00 bits per heavy atom. The zero-order valence-electron chi connectivity index (χ0n) is 14.6. The van der Waals surface area contributed by atoms with Gasteiger partial charge in [0.05, 0.1) is 18.6 Å². The van der Waals surface area contributed by atoms with E-state index in [2.05, 4.69) is 46.9 Å². The maximum Gasteiger partial charge on any atom is 0.229 e. The van der Waals surface area contributed by atoms with Crippen molar-refractivity contribution in [1.82, 2.24) is 5.32 Å². The molecule has 1 amide bonds. The molecule has 0 aliphatic carbocycles. The van der Waals surface area contributed by atoms with Gasteiger partial charge in [-0.25, -0.2) is 0 Å². The SMILES string of the molecule is CC(C)(C)CNC(=O)C(C)(C)C=CCOCC(C)(C)C. The van der Waals surface area contributed by atoms with E-state index >= 15 is 0 Å². The highest BCUT2D eigenvalue weighted by Crippen LogP contribution is 2.19. The number of carbonyl (C=O) groups is 1. The molecule has 0 radical (unpaired) electrons. The number of amides is 1. The van der Waals surface area contributed by atoms with Crippen LogP contribution in [0.3, 0.4) is 0 Å². The minimum Gasteiger partial charge on any atom is -0.377 e. The normalized spacial score (nSPS) is 13.8. The van der Waals surface area contributed by atoms with Gasteiger partial charge < -0.3 is 10.1 Å². The van der Waals surface area contributed by atoms with E-state index in [1.54, 1.807) is 0 Å². The highest BCUT2D eigenvalue weighted by atomic mass is 16.5. The van der Waals surface area contributed by atoms with E-state index in [0.717, 1.165) is 0 Å². The molecule has 0 aliphatic rings. The average Bonchev–Trinajstić information content (AvgIpc) is 2.22. The van der Waals surface area contributed by atoms with Crippen LogP contribution >= 0.6 is 0 Å². The third-order valence-corrected chi connectivity index (χ3v) is 2.65. The van der Waals surface area contributed by atoms with E-state index in [1.165, 1.54) is 0 Å². The largest absolute Gasteiger partial charge is 0.377 e. The zero-order valence-corrected chi connectivity index (χ0v) is 14.6. The van der Waals surface area contributed by atoms with Crippen molar-refractivity contribution in [1.29, 1.82) is 0 Å². The van der Waals surface area contributed by atoms with Gasteiger partial charge in [0.15, 0.2) is 0 Å². The first-order chi connectivity index (χ1) is 8.83. The van der Waals surface area contributed by atoms with Crippen LogP contribution in [0, 0.1) is 16.2 Å². The summed E-state index contributed by atoms with van der Waals surface area (Å²) < 4.78 is 5.57. The van der Waals surface area contributed by atoms with E-state index in [1.807, 2.05) is 26.0 Å². The minimum atomic E-state index is -0.504. The smallest absolute Gasteiger partial charge is 0.229 e. The van der Waals surface area contributed by atoms with Crippen LogP contribution in [0.2, 0.25) is 0 Å². The number of hydrogen-bond acceptors (Lipinski definition) is 2. The molecular formula is C17H33NO2. The Balaban J connectivity index is 4.19. The lowest BCUT2D eigenvalue weighted by Gasteiger charge is -2.24. The third kappa shape index (κ3) is 10.0. The van der Waals surface area contributed by atoms with E-state index in [4.69, 9.17) is 4.74 Å². The van der Waals surface area contributed by atoms with Crippen LogP contribution in [-0.2, 0) is 9.53 Å². The second-order valence-electron chi connectivity index (χ2n) is 8.44. The molecule has 20 heavy (non-hydrogen) atoms. The quantitative estimate of drug-likeness (QED) is 0.595. The molecular weight excluding hydrogens is 250 g/mol. The van der Waals surface area contributed by atoms with Gasteiger partial charge in [0.2, 0.25) is 5.91 Å². The number of rotatable bonds is 6. The van der Waals surface area contributed by atoms with Crippen LogP contribution in [0.5, 0.6) is 0 Å². The van der Waals surface area contributed by atoms with Gasteiger partial charge >= 0.3 is 0 Å². The lowest BCUT2D eigenvalue weighted by atomic mass is 9.90. The molecule has 0 spiro atoms. The van der Waals surface area contributed by atoms with Gasteiger partial charge in [0, 0.05) is 6.54 Å². The second kappa shape index (κ2) is 7.26. The van der Waals surface area contributed by atoms with Crippen LogP contribution in [0.15, 0.2) is 12.2 Å². The second-order valence-corrected chi connectivity index (χ2v) is 8.44. The Bertz CT molecular complexity index is 330. The van der Waals surface area contributed by atoms with E-state index in [0.29, 0.717) is 19.8 Å². The number of ether oxygens (including phenoxy) is 1. The zero-order chi connectivity index (χ0) is 16.0. The highest BCUT2D eigenvalue weighted by Gasteiger charge is 2.25. The number of hydrogen-bond donors (Lipinski definition) is 1. The van der Waals surface area contributed by atoms with Crippen LogP contribution in [0.1, 0.15) is 55.4 Å². The molecule has 118 valence electrons. The summed E-state index contributed by atoms with van der Waals surface area (Å²) in [5.41, 5.74) is -0.227. The van der Waals surface area contributed by atoms with Gasteiger partial charge in [0.1, 0.15) is 0 Å². The van der Waals surface area contributed by atoms with Gasteiger partial charge in [-0.15, -0.1) is 0 Å². The maximum absolute atomic E-state index is 12.1. The summed E-state index contributed by atoms with van der Waals surface area (Å²) >= 11 is 0. The first-order valence-electron chi connectivity index (χ1n) is 7.37. The van der Waals surface area contributed by atoms with Crippen molar-refractivity contribution in [3.05, 3.63) is 12.2 Å². The molecule has 0 aromatic rings. The predicted molar refractivity (Wildman–Crippen MR) is 85.7 cm³/mol. The Kier molecular flexibility index (Phi) is 6.96. The van der Waals surface area contributed by atoms with Crippen molar-refractivity contribution >= 4 is 5.91 Å². The lowest BCUT2D eigenvalue weighted by Crippen LogP contribution is -2.40. The van der Waals surface area contributed by atoms with Crippen molar-refractivity contribution in [2.24, 2.45) is 16.2 Å². The Morgan fingerprint density at radius 2 is 1.55 bits per heavy atom. The highest BCUT2D eigenvalue weighted by molar-refractivity contribution is 5.83. The third-order valence-electron chi connectivity index (χ3n) is 2.65. The average molecular weight is 283 g/mol. The Morgan fingerprint density at radius 3 is 2.00 bits per heavy atom. The molecule has 0 saturated heterocycles. The topological polar surface area (TPSA) is 38.3 Å². The van der Waals surface area contributed by atoms with Gasteiger partial charge in [-0.2, -0.15) is 0 Å². The molecule has 0 aromatic carbocycles. The summed E-state index contributed by atoms with van der Waals surface area (Å²) in [6.45, 7) is 18.5. The molecule has 3 heteroatoms. The van der Waals surface area contributed by atoms with Crippen molar-refractivity contribution in [2.45, 2.75) is 55.4 Å². The first-order valence-corrected chi connectivity index (χ1v) is 7.37. The fraction of sp³-hybridized carbons (Fsp3) is 0.824. The van der Waals surface area contributed by atoms with E-state index in [-0.39, 0.29) is 16.7 Å². The van der Waals surface area contributed by atoms with Crippen LogP contribution in [0.4, 0.5) is 0 Å². The summed E-state index contributed by atoms with van der Waals surface area (Å²) in [5.74, 6) is 0.0551. The first kappa shape index (κ1) is 19.2. The van der Waals surface area contributed by atoms with Crippen molar-refractivity contribution in [2.75, 3.05) is 19.8 Å². The molecule has 0 bridgehead atoms. The number of carbonyl (C=O) groups excluding carboxylic acids is 1. The number of nitrogens with one attached hydrogen (secondary N) is 1. The van der Waals surface area contributed by atoms with Crippen molar-refractivity contribution < 1.29 is 9.53 Å². The van der Waals surface area contributed by atoms with Gasteiger partial charge in [-0.05, 0) is 24.7 Å². The summed E-state index contributed by atoms with van der Waals surface area (Å²) in [4.78, 5) is 12.1. The van der Waals surface area contributed by atoms with Crippen molar-refractivity contribution in [3.8, 4) is 0 Å². The molecule has 0 heterocycles. The predicted octanol–water partition coefficient (Wildman–Crippen LogP) is 3.79. The summed E-state index contributed by atoms with van der Waals surface area (Å²) in [6, 6.07) is 0. The fourth-order valence-electron chi connectivity index (χ4n) is 1.42. The molecule has 1 N–H and O–H groups in total. The molecule has 3 nitrogen and oxygen atoms in total. The molecule has 0 fully saturated rings. The molecule has 0 saturated carbocycles. The van der Waals surface area contributed by atoms with Crippen LogP contribution in [-0.4, -0.2) is 25.7 Å². The molecule has 0 atom stereocenters. The molecule has 0 unspecified atom stereocenters. The molecule has 0 rings (SSSR count). The van der Waals surface area contributed by atoms with E-state index in [9.17, 15) is 4.79 Å². The summed E-state index contributed by atoms with van der Waals surface area (Å²) in [6.07, 6.45) is 3.86. The van der Waals surface area contributed by atoms with Crippen molar-refractivity contribution in [3.63, 3.8) is 0 Å².